The highest BCUT2D eigenvalue weighted by Crippen LogP contribution is 2.26. The molecule has 3 heteroatoms. The predicted octanol–water partition coefficient (Wildman–Crippen LogP) is 3.47. The molecule has 0 saturated heterocycles. The van der Waals surface area contributed by atoms with Crippen molar-refractivity contribution in [1.82, 2.24) is 0 Å². The van der Waals surface area contributed by atoms with Crippen molar-refractivity contribution in [3.05, 3.63) is 59.7 Å². The van der Waals surface area contributed by atoms with Crippen LogP contribution in [0.3, 0.4) is 0 Å². The maximum absolute atomic E-state index is 6.24. The molecule has 0 aliphatic carbocycles. The molecule has 0 spiro atoms. The Morgan fingerprint density at radius 2 is 1.85 bits per heavy atom. The zero-order valence-electron chi connectivity index (χ0n) is 12.0. The Bertz CT molecular complexity index is 540. The fourth-order valence-electron chi connectivity index (χ4n) is 2.12. The third-order valence-corrected chi connectivity index (χ3v) is 3.23. The summed E-state index contributed by atoms with van der Waals surface area (Å²) in [6.07, 6.45) is 0.745. The molecule has 0 heterocycles. The summed E-state index contributed by atoms with van der Waals surface area (Å²) in [5.41, 5.74) is 8.46. The molecule has 2 aromatic rings. The molecule has 2 aromatic carbocycles. The van der Waals surface area contributed by atoms with Gasteiger partial charge in [-0.3, -0.25) is 0 Å². The topological polar surface area (TPSA) is 44.5 Å². The molecule has 0 amide bonds. The standard InChI is InChI=1S/C17H21NO2/c1-13-8-9-17(19-2)15(12-13)16(18)10-11-20-14-6-4-3-5-7-14/h3-9,12,16H,10-11,18H2,1-2H3. The van der Waals surface area contributed by atoms with Gasteiger partial charge < -0.3 is 15.2 Å². The highest BCUT2D eigenvalue weighted by Gasteiger charge is 2.12. The lowest BCUT2D eigenvalue weighted by Crippen LogP contribution is -2.15. The van der Waals surface area contributed by atoms with Crippen molar-refractivity contribution in [3.8, 4) is 11.5 Å². The number of aryl methyl sites for hydroxylation is 1. The van der Waals surface area contributed by atoms with Crippen LogP contribution in [0.4, 0.5) is 0 Å². The van der Waals surface area contributed by atoms with Crippen LogP contribution in [0.15, 0.2) is 48.5 Å². The van der Waals surface area contributed by atoms with E-state index in [0.29, 0.717) is 6.61 Å². The van der Waals surface area contributed by atoms with Crippen LogP contribution in [0.5, 0.6) is 11.5 Å². The number of rotatable bonds is 6. The van der Waals surface area contributed by atoms with Crippen molar-refractivity contribution < 1.29 is 9.47 Å². The summed E-state index contributed by atoms with van der Waals surface area (Å²) in [5, 5.41) is 0. The fraction of sp³-hybridized carbons (Fsp3) is 0.294. The molecule has 1 atom stereocenters. The van der Waals surface area contributed by atoms with Crippen LogP contribution in [0.25, 0.3) is 0 Å². The molecule has 2 N–H and O–H groups in total. The average Bonchev–Trinajstić information content (AvgIpc) is 2.48. The maximum atomic E-state index is 6.24. The van der Waals surface area contributed by atoms with E-state index in [-0.39, 0.29) is 6.04 Å². The average molecular weight is 271 g/mol. The highest BCUT2D eigenvalue weighted by molar-refractivity contribution is 5.39. The van der Waals surface area contributed by atoms with Gasteiger partial charge in [-0.25, -0.2) is 0 Å². The van der Waals surface area contributed by atoms with E-state index in [1.165, 1.54) is 5.56 Å². The van der Waals surface area contributed by atoms with Gasteiger partial charge in [-0.2, -0.15) is 0 Å². The SMILES string of the molecule is COc1ccc(C)cc1C(N)CCOc1ccccc1. The summed E-state index contributed by atoms with van der Waals surface area (Å²) in [6.45, 7) is 2.64. The lowest BCUT2D eigenvalue weighted by molar-refractivity contribution is 0.296. The Morgan fingerprint density at radius 3 is 2.55 bits per heavy atom. The molecule has 0 aromatic heterocycles. The molecule has 0 saturated carbocycles. The van der Waals surface area contributed by atoms with Crippen LogP contribution < -0.4 is 15.2 Å². The van der Waals surface area contributed by atoms with Crippen molar-refractivity contribution in [3.63, 3.8) is 0 Å². The zero-order valence-corrected chi connectivity index (χ0v) is 12.0. The number of methoxy groups -OCH3 is 1. The van der Waals surface area contributed by atoms with Crippen molar-refractivity contribution in [2.75, 3.05) is 13.7 Å². The van der Waals surface area contributed by atoms with Crippen molar-refractivity contribution in [2.45, 2.75) is 19.4 Å². The monoisotopic (exact) mass is 271 g/mol. The van der Waals surface area contributed by atoms with Gasteiger partial charge in [-0.05, 0) is 25.1 Å². The number of benzene rings is 2. The van der Waals surface area contributed by atoms with E-state index in [1.54, 1.807) is 7.11 Å². The normalized spacial score (nSPS) is 11.9. The van der Waals surface area contributed by atoms with Crippen LogP contribution in [0.2, 0.25) is 0 Å². The smallest absolute Gasteiger partial charge is 0.123 e. The van der Waals surface area contributed by atoms with Gasteiger partial charge >= 0.3 is 0 Å². The maximum Gasteiger partial charge on any atom is 0.123 e. The molecule has 0 aliphatic rings. The summed E-state index contributed by atoms with van der Waals surface area (Å²) >= 11 is 0. The van der Waals surface area contributed by atoms with E-state index in [4.69, 9.17) is 15.2 Å². The minimum absolute atomic E-state index is 0.0893. The number of hydrogen-bond acceptors (Lipinski definition) is 3. The summed E-state index contributed by atoms with van der Waals surface area (Å²) in [6, 6.07) is 15.7. The Hall–Kier alpha value is -2.00. The molecular weight excluding hydrogens is 250 g/mol. The first kappa shape index (κ1) is 14.4. The second-order valence-electron chi connectivity index (χ2n) is 4.80. The largest absolute Gasteiger partial charge is 0.496 e. The van der Waals surface area contributed by atoms with Gasteiger partial charge in [0.05, 0.1) is 13.7 Å². The van der Waals surface area contributed by atoms with Crippen LogP contribution >= 0.6 is 0 Å². The second kappa shape index (κ2) is 6.96. The summed E-state index contributed by atoms with van der Waals surface area (Å²) in [4.78, 5) is 0. The highest BCUT2D eigenvalue weighted by atomic mass is 16.5. The molecule has 0 bridgehead atoms. The molecule has 0 radical (unpaired) electrons. The van der Waals surface area contributed by atoms with E-state index < -0.39 is 0 Å². The zero-order chi connectivity index (χ0) is 14.4. The van der Waals surface area contributed by atoms with E-state index in [0.717, 1.165) is 23.5 Å². The first-order chi connectivity index (χ1) is 9.70. The first-order valence-electron chi connectivity index (χ1n) is 6.78. The van der Waals surface area contributed by atoms with Gasteiger partial charge in [0.25, 0.3) is 0 Å². The third kappa shape index (κ3) is 3.75. The summed E-state index contributed by atoms with van der Waals surface area (Å²) in [5.74, 6) is 1.71. The molecule has 106 valence electrons. The summed E-state index contributed by atoms with van der Waals surface area (Å²) in [7, 11) is 1.67. The number of hydrogen-bond donors (Lipinski definition) is 1. The molecule has 20 heavy (non-hydrogen) atoms. The lowest BCUT2D eigenvalue weighted by Gasteiger charge is -2.16. The van der Waals surface area contributed by atoms with Crippen molar-refractivity contribution >= 4 is 0 Å². The van der Waals surface area contributed by atoms with E-state index in [9.17, 15) is 0 Å². The molecule has 1 unspecified atom stereocenters. The minimum atomic E-state index is -0.0893. The number of nitrogens with two attached hydrogens (primary N) is 1. The molecular formula is C17H21NO2. The number of ether oxygens (including phenoxy) is 2. The lowest BCUT2D eigenvalue weighted by atomic mass is 10.0. The van der Waals surface area contributed by atoms with E-state index in [1.807, 2.05) is 42.5 Å². The van der Waals surface area contributed by atoms with Crippen molar-refractivity contribution in [2.24, 2.45) is 5.73 Å². The van der Waals surface area contributed by atoms with Gasteiger partial charge in [-0.1, -0.05) is 35.9 Å². The summed E-state index contributed by atoms with van der Waals surface area (Å²) < 4.78 is 11.0. The van der Waals surface area contributed by atoms with Gasteiger partial charge in [0.1, 0.15) is 11.5 Å². The van der Waals surface area contributed by atoms with Gasteiger partial charge in [0, 0.05) is 18.0 Å². The Balaban J connectivity index is 1.95. The van der Waals surface area contributed by atoms with Crippen LogP contribution in [-0.2, 0) is 0 Å². The van der Waals surface area contributed by atoms with Gasteiger partial charge in [0.2, 0.25) is 0 Å². The molecule has 0 fully saturated rings. The van der Waals surface area contributed by atoms with Crippen LogP contribution in [0.1, 0.15) is 23.6 Å². The van der Waals surface area contributed by atoms with Gasteiger partial charge in [-0.15, -0.1) is 0 Å². The molecule has 3 nitrogen and oxygen atoms in total. The Kier molecular flexibility index (Phi) is 5.02. The van der Waals surface area contributed by atoms with Crippen molar-refractivity contribution in [1.29, 1.82) is 0 Å². The third-order valence-electron chi connectivity index (χ3n) is 3.23. The van der Waals surface area contributed by atoms with Crippen LogP contribution in [-0.4, -0.2) is 13.7 Å². The molecule has 0 aliphatic heterocycles. The number of para-hydroxylation sites is 1. The first-order valence-corrected chi connectivity index (χ1v) is 6.78. The predicted molar refractivity (Wildman–Crippen MR) is 81.2 cm³/mol. The second-order valence-corrected chi connectivity index (χ2v) is 4.80. The Morgan fingerprint density at radius 1 is 1.10 bits per heavy atom. The fourth-order valence-corrected chi connectivity index (χ4v) is 2.12. The Labute approximate surface area is 120 Å². The minimum Gasteiger partial charge on any atom is -0.496 e. The molecule has 2 rings (SSSR count). The van der Waals surface area contributed by atoms with Crippen LogP contribution in [0, 0.1) is 6.92 Å². The van der Waals surface area contributed by atoms with E-state index >= 15 is 0 Å². The quantitative estimate of drug-likeness (QED) is 0.875. The van der Waals surface area contributed by atoms with E-state index in [2.05, 4.69) is 13.0 Å². The van der Waals surface area contributed by atoms with Gasteiger partial charge in [0.15, 0.2) is 0 Å².